The molecule has 0 aliphatic carbocycles. The van der Waals surface area contributed by atoms with Crippen LogP contribution in [0.5, 0.6) is 5.75 Å². The van der Waals surface area contributed by atoms with Crippen LogP contribution in [0.1, 0.15) is 38.2 Å². The van der Waals surface area contributed by atoms with Gasteiger partial charge in [-0.15, -0.1) is 0 Å². The molecule has 0 saturated heterocycles. The van der Waals surface area contributed by atoms with Gasteiger partial charge in [-0.3, -0.25) is 0 Å². The zero-order chi connectivity index (χ0) is 18.9. The Morgan fingerprint density at radius 1 is 1.38 bits per heavy atom. The van der Waals surface area contributed by atoms with Crippen LogP contribution in [-0.2, 0) is 9.39 Å². The van der Waals surface area contributed by atoms with Gasteiger partial charge in [0.05, 0.1) is 12.7 Å². The number of hydrogen-bond acceptors (Lipinski definition) is 4. The lowest BCUT2D eigenvalue weighted by atomic mass is 9.78. The molecule has 0 saturated carbocycles. The number of methoxy groups -OCH3 is 1. The fraction of sp³-hybridized carbons (Fsp3) is 0.429. The maximum absolute atomic E-state index is 10.0. The fourth-order valence-electron chi connectivity index (χ4n) is 3.27. The summed E-state index contributed by atoms with van der Waals surface area (Å²) in [5.74, 6) is 0.291. The first kappa shape index (κ1) is 20.5. The molecule has 1 atom stereocenters. The van der Waals surface area contributed by atoms with Crippen LogP contribution in [-0.4, -0.2) is 37.1 Å². The molecule has 140 valence electrons. The van der Waals surface area contributed by atoms with E-state index in [-0.39, 0.29) is 6.10 Å². The predicted molar refractivity (Wildman–Crippen MR) is 107 cm³/mol. The Labute approximate surface area is 157 Å². The highest BCUT2D eigenvalue weighted by Gasteiger charge is 2.28. The minimum atomic E-state index is -0.768. The topological polar surface area (TPSA) is 58.9 Å². The quantitative estimate of drug-likeness (QED) is 0.646. The summed E-state index contributed by atoms with van der Waals surface area (Å²) in [7, 11) is 0.879. The van der Waals surface area contributed by atoms with Crippen molar-refractivity contribution in [2.24, 2.45) is 0 Å². The first-order chi connectivity index (χ1) is 12.5. The highest BCUT2D eigenvalue weighted by atomic mass is 16.5. The van der Waals surface area contributed by atoms with E-state index in [0.717, 1.165) is 42.4 Å². The van der Waals surface area contributed by atoms with Crippen LogP contribution >= 0.6 is 0 Å². The Hall–Kier alpha value is -1.82. The van der Waals surface area contributed by atoms with Crippen LogP contribution in [0, 0.1) is 0 Å². The van der Waals surface area contributed by atoms with Crippen molar-refractivity contribution >= 4 is 13.2 Å². The number of benzene rings is 1. The van der Waals surface area contributed by atoms with E-state index in [4.69, 9.17) is 9.39 Å². The molecule has 1 aliphatic rings. The summed E-state index contributed by atoms with van der Waals surface area (Å²) in [5, 5.41) is 19.9. The maximum Gasteiger partial charge on any atom is 0.458 e. The molecule has 0 fully saturated rings. The number of ether oxygens (including phenoxy) is 1. The van der Waals surface area contributed by atoms with Gasteiger partial charge in [-0.1, -0.05) is 55.8 Å². The van der Waals surface area contributed by atoms with Gasteiger partial charge >= 0.3 is 7.12 Å². The second-order valence-electron chi connectivity index (χ2n) is 6.66. The molecule has 0 spiro atoms. The van der Waals surface area contributed by atoms with Gasteiger partial charge in [0.1, 0.15) is 5.75 Å². The number of phenolic OH excluding ortho intramolecular Hbond substituents is 1. The summed E-state index contributed by atoms with van der Waals surface area (Å²) in [4.78, 5) is 0. The number of allylic oxidation sites excluding steroid dienone is 2. The molecule has 2 N–H and O–H groups in total. The third kappa shape index (κ3) is 5.87. The molecular formula is C21H29BO4. The average Bonchev–Trinajstić information content (AvgIpc) is 2.62. The van der Waals surface area contributed by atoms with Crippen molar-refractivity contribution in [2.45, 2.75) is 45.0 Å². The summed E-state index contributed by atoms with van der Waals surface area (Å²) in [6, 6.07) is 7.36. The molecule has 26 heavy (non-hydrogen) atoms. The van der Waals surface area contributed by atoms with Crippen molar-refractivity contribution in [1.29, 1.82) is 0 Å². The zero-order valence-corrected chi connectivity index (χ0v) is 15.8. The fourth-order valence-corrected chi connectivity index (χ4v) is 3.27. The molecule has 2 rings (SSSR count). The molecule has 4 nitrogen and oxygen atoms in total. The molecule has 0 radical (unpaired) electrons. The molecule has 1 aromatic rings. The van der Waals surface area contributed by atoms with Crippen molar-refractivity contribution in [3.8, 4) is 5.75 Å². The number of phenols is 1. The van der Waals surface area contributed by atoms with E-state index in [1.54, 1.807) is 13.2 Å². The van der Waals surface area contributed by atoms with E-state index in [2.05, 4.69) is 19.6 Å². The maximum atomic E-state index is 10.0. The van der Waals surface area contributed by atoms with Gasteiger partial charge in [0.15, 0.2) is 0 Å². The van der Waals surface area contributed by atoms with Crippen LogP contribution in [0.2, 0.25) is 6.32 Å². The Balaban J connectivity index is 2.11. The summed E-state index contributed by atoms with van der Waals surface area (Å²) >= 11 is 0. The molecular weight excluding hydrogens is 327 g/mol. The molecule has 1 aromatic carbocycles. The van der Waals surface area contributed by atoms with E-state index >= 15 is 0 Å². The summed E-state index contributed by atoms with van der Waals surface area (Å²) in [6.45, 7) is 6.68. The number of para-hydroxylation sites is 1. The van der Waals surface area contributed by atoms with Crippen molar-refractivity contribution in [2.75, 3.05) is 13.7 Å². The zero-order valence-electron chi connectivity index (χ0n) is 15.8. The predicted octanol–water partition coefficient (Wildman–Crippen LogP) is 4.36. The average molecular weight is 356 g/mol. The normalized spacial score (nSPS) is 18.0. The van der Waals surface area contributed by atoms with Gasteiger partial charge in [-0.25, -0.2) is 0 Å². The van der Waals surface area contributed by atoms with Gasteiger partial charge in [-0.2, -0.15) is 0 Å². The van der Waals surface area contributed by atoms with Crippen LogP contribution in [0.25, 0.3) is 6.08 Å². The van der Waals surface area contributed by atoms with Crippen LogP contribution in [0.4, 0.5) is 0 Å². The molecule has 0 aromatic heterocycles. The second-order valence-corrected chi connectivity index (χ2v) is 6.66. The molecule has 1 heterocycles. The monoisotopic (exact) mass is 356 g/mol. The van der Waals surface area contributed by atoms with Crippen LogP contribution < -0.4 is 0 Å². The lowest BCUT2D eigenvalue weighted by molar-refractivity contribution is 0.176. The number of aromatic hydroxyl groups is 1. The third-order valence-corrected chi connectivity index (χ3v) is 4.53. The second kappa shape index (κ2) is 10.4. The largest absolute Gasteiger partial charge is 0.507 e. The lowest BCUT2D eigenvalue weighted by Crippen LogP contribution is -2.32. The minimum absolute atomic E-state index is 0.189. The molecule has 0 amide bonds. The Morgan fingerprint density at radius 3 is 2.85 bits per heavy atom. The Morgan fingerprint density at radius 2 is 2.15 bits per heavy atom. The van der Waals surface area contributed by atoms with Crippen LogP contribution in [0.3, 0.4) is 0 Å². The first-order valence-electron chi connectivity index (χ1n) is 9.23. The standard InChI is InChI=1S/C21H29BO4/c1-4-7-17(14-18-8-5-6-9-20(18)23)10-11-21-19(16(2)15-25-3)12-13-22(24)26-21/h5-6,8-9,12,14,21,23-24H,2,4,7,10-11,13,15H2,1,3H3/b17-14+. The smallest absolute Gasteiger partial charge is 0.458 e. The van der Waals surface area contributed by atoms with Crippen molar-refractivity contribution in [3.63, 3.8) is 0 Å². The van der Waals surface area contributed by atoms with E-state index in [1.807, 2.05) is 24.3 Å². The third-order valence-electron chi connectivity index (χ3n) is 4.53. The number of hydrogen-bond donors (Lipinski definition) is 2. The molecule has 1 unspecified atom stereocenters. The molecule has 1 aliphatic heterocycles. The summed E-state index contributed by atoms with van der Waals surface area (Å²) in [6.07, 6.45) is 7.93. The first-order valence-corrected chi connectivity index (χ1v) is 9.23. The van der Waals surface area contributed by atoms with Gasteiger partial charge in [0.25, 0.3) is 0 Å². The van der Waals surface area contributed by atoms with Crippen molar-refractivity contribution < 1.29 is 19.5 Å². The summed E-state index contributed by atoms with van der Waals surface area (Å²) in [5.41, 5.74) is 4.01. The van der Waals surface area contributed by atoms with Crippen molar-refractivity contribution in [3.05, 3.63) is 59.2 Å². The Bertz CT molecular complexity index is 666. The van der Waals surface area contributed by atoms with Crippen molar-refractivity contribution in [1.82, 2.24) is 0 Å². The SMILES string of the molecule is C=C(COC)C1=CCB(O)OC1CC/C(=C/c1ccccc1O)CCC. The van der Waals surface area contributed by atoms with Gasteiger partial charge < -0.3 is 19.5 Å². The van der Waals surface area contributed by atoms with E-state index in [9.17, 15) is 10.1 Å². The van der Waals surface area contributed by atoms with E-state index < -0.39 is 7.12 Å². The highest BCUT2D eigenvalue weighted by Crippen LogP contribution is 2.29. The summed E-state index contributed by atoms with van der Waals surface area (Å²) < 4.78 is 11.0. The molecule has 0 bridgehead atoms. The minimum Gasteiger partial charge on any atom is -0.507 e. The van der Waals surface area contributed by atoms with Gasteiger partial charge in [-0.05, 0) is 36.5 Å². The van der Waals surface area contributed by atoms with Crippen LogP contribution in [0.15, 0.2) is 53.6 Å². The van der Waals surface area contributed by atoms with Gasteiger partial charge in [0, 0.05) is 19.0 Å². The number of rotatable bonds is 9. The van der Waals surface area contributed by atoms with Gasteiger partial charge in [0.2, 0.25) is 0 Å². The van der Waals surface area contributed by atoms with E-state index in [0.29, 0.717) is 18.7 Å². The van der Waals surface area contributed by atoms with E-state index in [1.165, 1.54) is 5.57 Å². The Kier molecular flexibility index (Phi) is 8.17. The molecule has 5 heteroatoms. The highest BCUT2D eigenvalue weighted by molar-refractivity contribution is 6.43. The lowest BCUT2D eigenvalue weighted by Gasteiger charge is -2.28.